The van der Waals surface area contributed by atoms with Gasteiger partial charge in [-0.3, -0.25) is 19.2 Å². The summed E-state index contributed by atoms with van der Waals surface area (Å²) in [6, 6.07) is 3.83. The highest BCUT2D eigenvalue weighted by molar-refractivity contribution is 5.96. The Morgan fingerprint density at radius 1 is 1.16 bits per heavy atom. The average molecular weight is 429 g/mol. The minimum absolute atomic E-state index is 0.0129. The summed E-state index contributed by atoms with van der Waals surface area (Å²) in [4.78, 5) is 62.5. The van der Waals surface area contributed by atoms with Gasteiger partial charge < -0.3 is 31.8 Å². The Balaban J connectivity index is 1.71. The van der Waals surface area contributed by atoms with E-state index in [1.54, 1.807) is 6.20 Å². The molecule has 1 aliphatic heterocycles. The molecule has 0 saturated carbocycles. The zero-order chi connectivity index (χ0) is 22.5. The zero-order valence-electron chi connectivity index (χ0n) is 16.5. The topological polar surface area (TPSA) is 183 Å². The molecule has 1 saturated heterocycles. The first-order chi connectivity index (χ1) is 14.7. The smallest absolute Gasteiger partial charge is 0.326 e. The number of nitrogens with one attached hydrogen (secondary N) is 4. The normalized spacial score (nSPS) is 17.5. The van der Waals surface area contributed by atoms with Gasteiger partial charge in [0.25, 0.3) is 0 Å². The maximum atomic E-state index is 12.7. The number of hydrogen-bond acceptors (Lipinski definition) is 5. The molecule has 2 aromatic rings. The molecular formula is C20H23N5O6. The number of H-pyrrole nitrogens is 1. The molecule has 4 amide bonds. The van der Waals surface area contributed by atoms with Crippen LogP contribution in [0.1, 0.15) is 24.8 Å². The van der Waals surface area contributed by atoms with Crippen molar-refractivity contribution in [3.05, 3.63) is 36.0 Å². The number of aromatic nitrogens is 1. The lowest BCUT2D eigenvalue weighted by Crippen LogP contribution is -2.55. The molecule has 2 unspecified atom stereocenters. The number of carbonyl (C=O) groups excluding carboxylic acids is 4. The van der Waals surface area contributed by atoms with Crippen molar-refractivity contribution in [2.75, 3.05) is 0 Å². The number of amides is 4. The second-order valence-corrected chi connectivity index (χ2v) is 7.35. The van der Waals surface area contributed by atoms with Crippen LogP contribution in [-0.4, -0.2) is 57.8 Å². The van der Waals surface area contributed by atoms with E-state index in [0.717, 1.165) is 10.9 Å². The van der Waals surface area contributed by atoms with Crippen molar-refractivity contribution in [2.24, 2.45) is 5.73 Å². The average Bonchev–Trinajstić information content (AvgIpc) is 3.33. The van der Waals surface area contributed by atoms with Crippen molar-refractivity contribution in [2.45, 2.75) is 43.8 Å². The molecular weight excluding hydrogens is 406 g/mol. The number of rotatable bonds is 9. The van der Waals surface area contributed by atoms with Gasteiger partial charge in [-0.05, 0) is 18.1 Å². The number of para-hydroxylation sites is 1. The summed E-state index contributed by atoms with van der Waals surface area (Å²) in [7, 11) is 0. The standard InChI is InChI=1S/C20H23N5O6/c21-16(26)8-14(24-18(28)13-5-6-17(27)23-13)19(29)25-15(20(30)31)7-10-9-22-12-4-2-1-3-11(10)12/h1-4,9,13-15,22H,5-8H2,(H2,21,26)(H,23,27)(H,24,28)(H,25,29)(H,30,31)/t13-,14?,15?/m0/s1. The Morgan fingerprint density at radius 3 is 2.55 bits per heavy atom. The quantitative estimate of drug-likeness (QED) is 0.294. The van der Waals surface area contributed by atoms with Gasteiger partial charge in [0.2, 0.25) is 23.6 Å². The first-order valence-corrected chi connectivity index (χ1v) is 9.71. The first-order valence-electron chi connectivity index (χ1n) is 9.71. The maximum absolute atomic E-state index is 12.7. The van der Waals surface area contributed by atoms with Crippen LogP contribution in [-0.2, 0) is 30.4 Å². The van der Waals surface area contributed by atoms with Gasteiger partial charge in [0.1, 0.15) is 18.1 Å². The number of hydrogen-bond donors (Lipinski definition) is 6. The number of aromatic amines is 1. The van der Waals surface area contributed by atoms with E-state index in [1.807, 2.05) is 24.3 Å². The van der Waals surface area contributed by atoms with Crippen LogP contribution in [0.5, 0.6) is 0 Å². The second-order valence-electron chi connectivity index (χ2n) is 7.35. The summed E-state index contributed by atoms with van der Waals surface area (Å²) in [5, 5.41) is 17.6. The summed E-state index contributed by atoms with van der Waals surface area (Å²) in [5.74, 6) is -3.91. The van der Waals surface area contributed by atoms with E-state index >= 15 is 0 Å². The highest BCUT2D eigenvalue weighted by atomic mass is 16.4. The van der Waals surface area contributed by atoms with Crippen LogP contribution in [0.4, 0.5) is 0 Å². The number of fused-ring (bicyclic) bond motifs is 1. The number of primary amides is 1. The lowest BCUT2D eigenvalue weighted by Gasteiger charge is -2.22. The van der Waals surface area contributed by atoms with Crippen LogP contribution in [0.2, 0.25) is 0 Å². The summed E-state index contributed by atoms with van der Waals surface area (Å²) >= 11 is 0. The minimum Gasteiger partial charge on any atom is -0.480 e. The summed E-state index contributed by atoms with van der Waals surface area (Å²) in [5.41, 5.74) is 6.70. The SMILES string of the molecule is NC(=O)CC(NC(=O)[C@@H]1CCC(=O)N1)C(=O)NC(Cc1c[nH]c2ccccc12)C(=O)O. The largest absolute Gasteiger partial charge is 0.480 e. The number of nitrogens with two attached hydrogens (primary N) is 1. The number of carboxylic acids is 1. The molecule has 11 nitrogen and oxygen atoms in total. The van der Waals surface area contributed by atoms with E-state index in [2.05, 4.69) is 20.9 Å². The molecule has 3 rings (SSSR count). The molecule has 1 fully saturated rings. The Kier molecular flexibility index (Phi) is 6.53. The number of carbonyl (C=O) groups is 5. The fraction of sp³-hybridized carbons (Fsp3) is 0.350. The van der Waals surface area contributed by atoms with Gasteiger partial charge >= 0.3 is 5.97 Å². The molecule has 0 bridgehead atoms. The molecule has 3 atom stereocenters. The predicted molar refractivity (Wildman–Crippen MR) is 108 cm³/mol. The van der Waals surface area contributed by atoms with Crippen LogP contribution in [0, 0.1) is 0 Å². The lowest BCUT2D eigenvalue weighted by atomic mass is 10.0. The van der Waals surface area contributed by atoms with E-state index < -0.39 is 48.2 Å². The maximum Gasteiger partial charge on any atom is 0.326 e. The van der Waals surface area contributed by atoms with Gasteiger partial charge in [-0.15, -0.1) is 0 Å². The van der Waals surface area contributed by atoms with Gasteiger partial charge in [-0.1, -0.05) is 18.2 Å². The van der Waals surface area contributed by atoms with Crippen LogP contribution in [0.3, 0.4) is 0 Å². The fourth-order valence-corrected chi connectivity index (χ4v) is 3.49. The predicted octanol–water partition coefficient (Wildman–Crippen LogP) is -1.08. The molecule has 11 heteroatoms. The molecule has 2 heterocycles. The molecule has 1 aromatic carbocycles. The van der Waals surface area contributed by atoms with Gasteiger partial charge in [0.15, 0.2) is 0 Å². The first kappa shape index (κ1) is 21.8. The van der Waals surface area contributed by atoms with Crippen molar-refractivity contribution in [1.29, 1.82) is 0 Å². The van der Waals surface area contributed by atoms with Crippen LogP contribution in [0.15, 0.2) is 30.5 Å². The van der Waals surface area contributed by atoms with Crippen LogP contribution in [0.25, 0.3) is 10.9 Å². The molecule has 1 aromatic heterocycles. The molecule has 164 valence electrons. The third-order valence-electron chi connectivity index (χ3n) is 5.06. The van der Waals surface area contributed by atoms with Gasteiger partial charge in [0, 0.05) is 29.9 Å². The summed E-state index contributed by atoms with van der Waals surface area (Å²) in [6.07, 6.45) is 1.57. The minimum atomic E-state index is -1.37. The zero-order valence-corrected chi connectivity index (χ0v) is 16.5. The van der Waals surface area contributed by atoms with Crippen molar-refractivity contribution in [3.63, 3.8) is 0 Å². The van der Waals surface area contributed by atoms with Gasteiger partial charge in [-0.2, -0.15) is 0 Å². The van der Waals surface area contributed by atoms with Gasteiger partial charge in [0.05, 0.1) is 6.42 Å². The third-order valence-corrected chi connectivity index (χ3v) is 5.06. The Bertz CT molecular complexity index is 1030. The highest BCUT2D eigenvalue weighted by Crippen LogP contribution is 2.19. The van der Waals surface area contributed by atoms with E-state index in [9.17, 15) is 29.1 Å². The molecule has 0 radical (unpaired) electrons. The summed E-state index contributed by atoms with van der Waals surface area (Å²) in [6.45, 7) is 0. The van der Waals surface area contributed by atoms with Crippen molar-refractivity contribution >= 4 is 40.5 Å². The molecule has 0 spiro atoms. The number of benzene rings is 1. The van der Waals surface area contributed by atoms with Crippen molar-refractivity contribution < 1.29 is 29.1 Å². The van der Waals surface area contributed by atoms with Crippen LogP contribution < -0.4 is 21.7 Å². The number of carboxylic acid groups (broad SMARTS) is 1. The van der Waals surface area contributed by atoms with E-state index in [0.29, 0.717) is 5.56 Å². The van der Waals surface area contributed by atoms with Crippen LogP contribution >= 0.6 is 0 Å². The summed E-state index contributed by atoms with van der Waals surface area (Å²) < 4.78 is 0. The second kappa shape index (κ2) is 9.28. The Hall–Kier alpha value is -3.89. The molecule has 1 aliphatic rings. The van der Waals surface area contributed by atoms with E-state index in [-0.39, 0.29) is 25.2 Å². The molecule has 7 N–H and O–H groups in total. The van der Waals surface area contributed by atoms with Gasteiger partial charge in [-0.25, -0.2) is 4.79 Å². The lowest BCUT2D eigenvalue weighted by molar-refractivity contribution is -0.142. The van der Waals surface area contributed by atoms with E-state index in [4.69, 9.17) is 5.73 Å². The van der Waals surface area contributed by atoms with Crippen molar-refractivity contribution in [1.82, 2.24) is 20.9 Å². The molecule has 31 heavy (non-hydrogen) atoms. The number of aliphatic carboxylic acids is 1. The highest BCUT2D eigenvalue weighted by Gasteiger charge is 2.32. The Labute approximate surface area is 176 Å². The molecule has 0 aliphatic carbocycles. The van der Waals surface area contributed by atoms with Crippen molar-refractivity contribution in [3.8, 4) is 0 Å². The fourth-order valence-electron chi connectivity index (χ4n) is 3.49. The Morgan fingerprint density at radius 2 is 1.90 bits per heavy atom. The van der Waals surface area contributed by atoms with E-state index in [1.165, 1.54) is 0 Å². The third kappa shape index (κ3) is 5.38. The monoisotopic (exact) mass is 429 g/mol.